The summed E-state index contributed by atoms with van der Waals surface area (Å²) < 4.78 is 5.64. The van der Waals surface area contributed by atoms with Crippen molar-refractivity contribution in [2.75, 3.05) is 13.2 Å². The second kappa shape index (κ2) is 6.61. The van der Waals surface area contributed by atoms with Gasteiger partial charge in [0.2, 0.25) is 0 Å². The zero-order valence-electron chi connectivity index (χ0n) is 12.8. The largest absolute Gasteiger partial charge is 0.491 e. The average molecular weight is 290 g/mol. The first-order chi connectivity index (χ1) is 9.99. The summed E-state index contributed by atoms with van der Waals surface area (Å²) in [6.07, 6.45) is 0.666. The van der Waals surface area contributed by atoms with Gasteiger partial charge >= 0.3 is 6.03 Å². The first-order valence-electron chi connectivity index (χ1n) is 7.29. The minimum atomic E-state index is -0.393. The lowest BCUT2D eigenvalue weighted by Crippen LogP contribution is -2.35. The number of nitrogens with one attached hydrogen (secondary N) is 1. The number of rotatable bonds is 6. The zero-order chi connectivity index (χ0) is 15.4. The molecule has 1 atom stereocenters. The molecule has 21 heavy (non-hydrogen) atoms. The number of amides is 3. The smallest absolute Gasteiger partial charge is 0.324 e. The van der Waals surface area contributed by atoms with Gasteiger partial charge in [-0.1, -0.05) is 32.0 Å². The minimum Gasteiger partial charge on any atom is -0.491 e. The molecule has 0 unspecified atom stereocenters. The van der Waals surface area contributed by atoms with Crippen molar-refractivity contribution in [1.82, 2.24) is 10.2 Å². The number of imide groups is 1. The lowest BCUT2D eigenvalue weighted by molar-refractivity contribution is -0.128. The van der Waals surface area contributed by atoms with Crippen LogP contribution in [0, 0.1) is 12.8 Å². The third-order valence-corrected chi connectivity index (χ3v) is 3.48. The number of carbonyl (C=O) groups excluding carboxylic acids is 2. The highest BCUT2D eigenvalue weighted by Gasteiger charge is 2.37. The van der Waals surface area contributed by atoms with Crippen molar-refractivity contribution in [2.45, 2.75) is 33.2 Å². The highest BCUT2D eigenvalue weighted by atomic mass is 16.5. The average Bonchev–Trinajstić information content (AvgIpc) is 2.67. The van der Waals surface area contributed by atoms with Crippen molar-refractivity contribution in [3.8, 4) is 5.75 Å². The predicted molar refractivity (Wildman–Crippen MR) is 80.2 cm³/mol. The van der Waals surface area contributed by atoms with E-state index in [9.17, 15) is 9.59 Å². The quantitative estimate of drug-likeness (QED) is 0.818. The van der Waals surface area contributed by atoms with E-state index in [-0.39, 0.29) is 18.5 Å². The molecule has 0 radical (unpaired) electrons. The Morgan fingerprint density at radius 3 is 2.67 bits per heavy atom. The van der Waals surface area contributed by atoms with Gasteiger partial charge in [0.05, 0.1) is 6.54 Å². The third kappa shape index (κ3) is 3.74. The van der Waals surface area contributed by atoms with Crippen molar-refractivity contribution in [1.29, 1.82) is 0 Å². The van der Waals surface area contributed by atoms with Crippen molar-refractivity contribution < 1.29 is 14.3 Å². The molecule has 1 aromatic rings. The Kier molecular flexibility index (Phi) is 4.83. The molecule has 0 aliphatic carbocycles. The van der Waals surface area contributed by atoms with E-state index < -0.39 is 6.04 Å². The van der Waals surface area contributed by atoms with Crippen molar-refractivity contribution in [3.05, 3.63) is 29.8 Å². The van der Waals surface area contributed by atoms with E-state index in [2.05, 4.69) is 5.32 Å². The number of para-hydroxylation sites is 1. The Balaban J connectivity index is 1.87. The predicted octanol–water partition coefficient (Wildman–Crippen LogP) is 2.34. The molecule has 1 aromatic carbocycles. The number of ether oxygens (including phenoxy) is 1. The zero-order valence-corrected chi connectivity index (χ0v) is 12.8. The van der Waals surface area contributed by atoms with Gasteiger partial charge in [0.25, 0.3) is 5.91 Å². The molecule has 0 spiro atoms. The van der Waals surface area contributed by atoms with Crippen LogP contribution >= 0.6 is 0 Å². The number of urea groups is 1. The molecule has 3 amide bonds. The highest BCUT2D eigenvalue weighted by molar-refractivity contribution is 6.04. The Hall–Kier alpha value is -2.04. The van der Waals surface area contributed by atoms with E-state index in [1.54, 1.807) is 0 Å². The lowest BCUT2D eigenvalue weighted by atomic mass is 10.0. The standard InChI is InChI=1S/C16H22N2O3/c1-11(2)10-13-15(19)18(16(20)17-13)8-9-21-14-7-5-4-6-12(14)3/h4-7,11,13H,8-10H2,1-3H3,(H,17,20)/t13-/m0/s1. The number of carbonyl (C=O) groups is 2. The molecular formula is C16H22N2O3. The maximum Gasteiger partial charge on any atom is 0.324 e. The van der Waals surface area contributed by atoms with E-state index in [0.29, 0.717) is 18.9 Å². The monoisotopic (exact) mass is 290 g/mol. The van der Waals surface area contributed by atoms with E-state index >= 15 is 0 Å². The molecule has 5 nitrogen and oxygen atoms in total. The van der Waals surface area contributed by atoms with Crippen LogP contribution in [0.3, 0.4) is 0 Å². The number of aryl methyl sites for hydroxylation is 1. The summed E-state index contributed by atoms with van der Waals surface area (Å²) in [5.74, 6) is 0.993. The molecule has 1 saturated heterocycles. The summed E-state index contributed by atoms with van der Waals surface area (Å²) >= 11 is 0. The molecular weight excluding hydrogens is 268 g/mol. The molecule has 1 aliphatic rings. The first-order valence-corrected chi connectivity index (χ1v) is 7.29. The van der Waals surface area contributed by atoms with Crippen LogP contribution in [-0.4, -0.2) is 36.0 Å². The molecule has 0 aromatic heterocycles. The lowest BCUT2D eigenvalue weighted by Gasteiger charge is -2.15. The minimum absolute atomic E-state index is 0.151. The van der Waals surface area contributed by atoms with Gasteiger partial charge in [-0.15, -0.1) is 0 Å². The van der Waals surface area contributed by atoms with Crippen LogP contribution in [0.2, 0.25) is 0 Å². The molecule has 0 bridgehead atoms. The van der Waals surface area contributed by atoms with E-state index in [4.69, 9.17) is 4.74 Å². The molecule has 1 aliphatic heterocycles. The van der Waals surface area contributed by atoms with Crippen molar-refractivity contribution >= 4 is 11.9 Å². The summed E-state index contributed by atoms with van der Waals surface area (Å²) in [6.45, 7) is 6.60. The third-order valence-electron chi connectivity index (χ3n) is 3.48. The summed E-state index contributed by atoms with van der Waals surface area (Å²) in [5.41, 5.74) is 1.03. The molecule has 0 saturated carbocycles. The Labute approximate surface area is 125 Å². The second-order valence-electron chi connectivity index (χ2n) is 5.74. The van der Waals surface area contributed by atoms with Gasteiger partial charge in [-0.25, -0.2) is 4.79 Å². The van der Waals surface area contributed by atoms with Crippen LogP contribution in [-0.2, 0) is 4.79 Å². The number of hydrogen-bond donors (Lipinski definition) is 1. The number of nitrogens with zero attached hydrogens (tertiary/aromatic N) is 1. The van der Waals surface area contributed by atoms with Crippen molar-refractivity contribution in [2.24, 2.45) is 5.92 Å². The molecule has 5 heteroatoms. The van der Waals surface area contributed by atoms with Gasteiger partial charge in [0, 0.05) is 0 Å². The second-order valence-corrected chi connectivity index (χ2v) is 5.74. The van der Waals surface area contributed by atoms with Crippen LogP contribution in [0.25, 0.3) is 0 Å². The normalized spacial score (nSPS) is 18.3. The van der Waals surface area contributed by atoms with Crippen LogP contribution < -0.4 is 10.1 Å². The summed E-state index contributed by atoms with van der Waals surface area (Å²) in [7, 11) is 0. The van der Waals surface area contributed by atoms with Crippen LogP contribution in [0.15, 0.2) is 24.3 Å². The number of hydrogen-bond acceptors (Lipinski definition) is 3. The van der Waals surface area contributed by atoms with Gasteiger partial charge in [0.1, 0.15) is 18.4 Å². The number of benzene rings is 1. The maximum absolute atomic E-state index is 12.1. The molecule has 1 N–H and O–H groups in total. The van der Waals surface area contributed by atoms with E-state index in [1.807, 2.05) is 45.0 Å². The molecule has 114 valence electrons. The Bertz CT molecular complexity index is 528. The van der Waals surface area contributed by atoms with Gasteiger partial charge in [-0.3, -0.25) is 9.69 Å². The molecule has 1 fully saturated rings. The van der Waals surface area contributed by atoms with Gasteiger partial charge in [0.15, 0.2) is 0 Å². The fourth-order valence-corrected chi connectivity index (χ4v) is 2.39. The maximum atomic E-state index is 12.1. The van der Waals surface area contributed by atoms with Gasteiger partial charge < -0.3 is 10.1 Å². The topological polar surface area (TPSA) is 58.6 Å². The summed E-state index contributed by atoms with van der Waals surface area (Å²) in [4.78, 5) is 25.2. The van der Waals surface area contributed by atoms with E-state index in [0.717, 1.165) is 11.3 Å². The Morgan fingerprint density at radius 2 is 2.00 bits per heavy atom. The first kappa shape index (κ1) is 15.4. The van der Waals surface area contributed by atoms with E-state index in [1.165, 1.54) is 4.90 Å². The van der Waals surface area contributed by atoms with Crippen molar-refractivity contribution in [3.63, 3.8) is 0 Å². The fourth-order valence-electron chi connectivity index (χ4n) is 2.39. The summed E-state index contributed by atoms with van der Waals surface area (Å²) in [6, 6.07) is 6.96. The van der Waals surface area contributed by atoms with Crippen LogP contribution in [0.5, 0.6) is 5.75 Å². The van der Waals surface area contributed by atoms with Gasteiger partial charge in [-0.2, -0.15) is 0 Å². The highest BCUT2D eigenvalue weighted by Crippen LogP contribution is 2.17. The van der Waals surface area contributed by atoms with Gasteiger partial charge in [-0.05, 0) is 30.9 Å². The SMILES string of the molecule is Cc1ccccc1OCCN1C(=O)N[C@@H](CC(C)C)C1=O. The molecule has 2 rings (SSSR count). The van der Waals surface area contributed by atoms with Crippen LogP contribution in [0.4, 0.5) is 4.79 Å². The Morgan fingerprint density at radius 1 is 1.29 bits per heavy atom. The summed E-state index contributed by atoms with van der Waals surface area (Å²) in [5, 5.41) is 2.73. The fraction of sp³-hybridized carbons (Fsp3) is 0.500. The molecule has 1 heterocycles. The van der Waals surface area contributed by atoms with Crippen LogP contribution in [0.1, 0.15) is 25.8 Å².